The predicted octanol–water partition coefficient (Wildman–Crippen LogP) is 3.10. The van der Waals surface area contributed by atoms with Crippen LogP contribution in [0.3, 0.4) is 0 Å². The van der Waals surface area contributed by atoms with E-state index in [4.69, 9.17) is 0 Å². The number of carbonyl (C=O) groups is 2. The van der Waals surface area contributed by atoms with Crippen LogP contribution in [-0.4, -0.2) is 36.4 Å². The van der Waals surface area contributed by atoms with Gasteiger partial charge in [-0.15, -0.1) is 0 Å². The van der Waals surface area contributed by atoms with Crippen molar-refractivity contribution < 1.29 is 9.59 Å². The van der Waals surface area contributed by atoms with Crippen LogP contribution < -0.4 is 15.5 Å². The highest BCUT2D eigenvalue weighted by molar-refractivity contribution is 6.39. The lowest BCUT2D eigenvalue weighted by Crippen LogP contribution is -2.38. The summed E-state index contributed by atoms with van der Waals surface area (Å²) >= 11 is 0. The Morgan fingerprint density at radius 2 is 1.65 bits per heavy atom. The number of pyridine rings is 1. The summed E-state index contributed by atoms with van der Waals surface area (Å²) in [6.45, 7) is 2.66. The topological polar surface area (TPSA) is 74.3 Å². The number of rotatable bonds is 4. The number of nitrogens with one attached hydrogen (secondary N) is 2. The van der Waals surface area contributed by atoms with Gasteiger partial charge in [-0.1, -0.05) is 32.1 Å². The van der Waals surface area contributed by atoms with Gasteiger partial charge in [-0.3, -0.25) is 9.59 Å². The molecule has 0 unspecified atom stereocenters. The third-order valence-electron chi connectivity index (χ3n) is 5.42. The third kappa shape index (κ3) is 5.44. The smallest absolute Gasteiger partial charge is 0.313 e. The number of amides is 2. The molecule has 0 spiro atoms. The molecule has 2 fully saturated rings. The molecular formula is C20H30N4O2. The summed E-state index contributed by atoms with van der Waals surface area (Å²) in [7, 11) is 0. The number of carbonyl (C=O) groups excluding carboxylic acids is 2. The first-order chi connectivity index (χ1) is 12.7. The molecule has 1 aliphatic heterocycles. The predicted molar refractivity (Wildman–Crippen MR) is 103 cm³/mol. The highest BCUT2D eigenvalue weighted by Crippen LogP contribution is 2.22. The SMILES string of the molecule is O=C(NCC1CCCCCCC1)C(=O)Nc1ccc(N2CCCC2)nc1. The van der Waals surface area contributed by atoms with E-state index in [9.17, 15) is 9.59 Å². The standard InChI is InChI=1S/C20H30N4O2/c25-19(22-14-16-8-4-2-1-3-5-9-16)20(26)23-17-10-11-18(21-15-17)24-12-6-7-13-24/h10-11,15-16H,1-9,12-14H2,(H,22,25)(H,23,26). The van der Waals surface area contributed by atoms with Crippen molar-refractivity contribution in [3.63, 3.8) is 0 Å². The summed E-state index contributed by atoms with van der Waals surface area (Å²) in [5.41, 5.74) is 0.555. The summed E-state index contributed by atoms with van der Waals surface area (Å²) in [5, 5.41) is 5.43. The van der Waals surface area contributed by atoms with Gasteiger partial charge in [0.05, 0.1) is 11.9 Å². The molecular weight excluding hydrogens is 328 g/mol. The minimum absolute atomic E-state index is 0.494. The van der Waals surface area contributed by atoms with Gasteiger partial charge in [-0.05, 0) is 43.7 Å². The minimum atomic E-state index is -0.619. The summed E-state index contributed by atoms with van der Waals surface area (Å²) in [6, 6.07) is 3.70. The van der Waals surface area contributed by atoms with Crippen LogP contribution in [0.5, 0.6) is 0 Å². The molecule has 26 heavy (non-hydrogen) atoms. The van der Waals surface area contributed by atoms with E-state index in [-0.39, 0.29) is 0 Å². The Labute approximate surface area is 155 Å². The van der Waals surface area contributed by atoms with E-state index >= 15 is 0 Å². The average molecular weight is 358 g/mol. The summed E-state index contributed by atoms with van der Waals surface area (Å²) < 4.78 is 0. The Kier molecular flexibility index (Phi) is 6.86. The van der Waals surface area contributed by atoms with E-state index in [1.54, 1.807) is 12.3 Å². The number of hydrogen-bond donors (Lipinski definition) is 2. The van der Waals surface area contributed by atoms with Gasteiger partial charge >= 0.3 is 11.8 Å². The van der Waals surface area contributed by atoms with Crippen molar-refractivity contribution >= 4 is 23.3 Å². The van der Waals surface area contributed by atoms with E-state index < -0.39 is 11.8 Å². The van der Waals surface area contributed by atoms with Crippen molar-refractivity contribution in [3.05, 3.63) is 18.3 Å². The van der Waals surface area contributed by atoms with Gasteiger partial charge in [0, 0.05) is 19.6 Å². The van der Waals surface area contributed by atoms with E-state index in [1.165, 1.54) is 44.9 Å². The second-order valence-electron chi connectivity index (χ2n) is 7.47. The molecule has 0 atom stereocenters. The monoisotopic (exact) mass is 358 g/mol. The first-order valence-corrected chi connectivity index (χ1v) is 10.0. The van der Waals surface area contributed by atoms with Crippen LogP contribution in [0.2, 0.25) is 0 Å². The molecule has 6 heteroatoms. The van der Waals surface area contributed by atoms with E-state index in [1.807, 2.05) is 6.07 Å². The minimum Gasteiger partial charge on any atom is -0.357 e. The summed E-state index contributed by atoms with van der Waals surface area (Å²) in [5.74, 6) is 0.241. The number of aromatic nitrogens is 1. The highest BCUT2D eigenvalue weighted by Gasteiger charge is 2.18. The van der Waals surface area contributed by atoms with Crippen molar-refractivity contribution in [1.29, 1.82) is 0 Å². The number of hydrogen-bond acceptors (Lipinski definition) is 4. The van der Waals surface area contributed by atoms with Crippen LogP contribution in [0, 0.1) is 5.92 Å². The molecule has 2 aliphatic rings. The van der Waals surface area contributed by atoms with Crippen LogP contribution in [0.25, 0.3) is 0 Å². The van der Waals surface area contributed by atoms with Crippen LogP contribution in [0.1, 0.15) is 57.8 Å². The Balaban J connectivity index is 1.43. The highest BCUT2D eigenvalue weighted by atomic mass is 16.2. The molecule has 0 aromatic carbocycles. The average Bonchev–Trinajstić information content (AvgIpc) is 3.16. The third-order valence-corrected chi connectivity index (χ3v) is 5.42. The van der Waals surface area contributed by atoms with Crippen molar-refractivity contribution in [1.82, 2.24) is 10.3 Å². The lowest BCUT2D eigenvalue weighted by Gasteiger charge is -2.19. The maximum Gasteiger partial charge on any atom is 0.313 e. The van der Waals surface area contributed by atoms with Gasteiger partial charge < -0.3 is 15.5 Å². The van der Waals surface area contributed by atoms with Crippen LogP contribution in [0.4, 0.5) is 11.5 Å². The lowest BCUT2D eigenvalue weighted by atomic mass is 9.91. The molecule has 1 aromatic rings. The fourth-order valence-corrected chi connectivity index (χ4v) is 3.84. The maximum atomic E-state index is 12.1. The zero-order chi connectivity index (χ0) is 18.2. The largest absolute Gasteiger partial charge is 0.357 e. The van der Waals surface area contributed by atoms with Crippen LogP contribution in [0.15, 0.2) is 18.3 Å². The normalized spacial score (nSPS) is 18.8. The van der Waals surface area contributed by atoms with E-state index in [0.717, 1.165) is 31.7 Å². The molecule has 1 aromatic heterocycles. The summed E-state index contributed by atoms with van der Waals surface area (Å²) in [4.78, 5) is 30.8. The fourth-order valence-electron chi connectivity index (χ4n) is 3.84. The van der Waals surface area contributed by atoms with E-state index in [2.05, 4.69) is 20.5 Å². The lowest BCUT2D eigenvalue weighted by molar-refractivity contribution is -0.136. The van der Waals surface area contributed by atoms with Crippen molar-refractivity contribution in [2.24, 2.45) is 5.92 Å². The van der Waals surface area contributed by atoms with Crippen LogP contribution in [-0.2, 0) is 9.59 Å². The van der Waals surface area contributed by atoms with Crippen molar-refractivity contribution in [2.45, 2.75) is 57.8 Å². The van der Waals surface area contributed by atoms with Crippen molar-refractivity contribution in [3.8, 4) is 0 Å². The molecule has 1 aliphatic carbocycles. The second kappa shape index (κ2) is 9.55. The Bertz CT molecular complexity index is 588. The molecule has 0 radical (unpaired) electrons. The Morgan fingerprint density at radius 3 is 2.31 bits per heavy atom. The molecule has 1 saturated carbocycles. The molecule has 6 nitrogen and oxygen atoms in total. The van der Waals surface area contributed by atoms with Gasteiger partial charge in [0.2, 0.25) is 0 Å². The second-order valence-corrected chi connectivity index (χ2v) is 7.47. The zero-order valence-corrected chi connectivity index (χ0v) is 15.5. The molecule has 3 rings (SSSR count). The molecule has 142 valence electrons. The Hall–Kier alpha value is -2.11. The van der Waals surface area contributed by atoms with Gasteiger partial charge in [0.15, 0.2) is 0 Å². The molecule has 0 bridgehead atoms. The number of anilines is 2. The molecule has 2 N–H and O–H groups in total. The first-order valence-electron chi connectivity index (χ1n) is 10.0. The van der Waals surface area contributed by atoms with Gasteiger partial charge in [-0.25, -0.2) is 4.98 Å². The summed E-state index contributed by atoms with van der Waals surface area (Å²) in [6.07, 6.45) is 12.6. The van der Waals surface area contributed by atoms with Gasteiger partial charge in [0.25, 0.3) is 0 Å². The maximum absolute atomic E-state index is 12.1. The first kappa shape index (κ1) is 18.7. The van der Waals surface area contributed by atoms with Gasteiger partial charge in [0.1, 0.15) is 5.82 Å². The Morgan fingerprint density at radius 1 is 0.962 bits per heavy atom. The van der Waals surface area contributed by atoms with Crippen LogP contribution >= 0.6 is 0 Å². The number of nitrogens with zero attached hydrogens (tertiary/aromatic N) is 2. The zero-order valence-electron chi connectivity index (χ0n) is 15.5. The fraction of sp³-hybridized carbons (Fsp3) is 0.650. The quantitative estimate of drug-likeness (QED) is 0.811. The van der Waals surface area contributed by atoms with E-state index in [0.29, 0.717) is 18.2 Å². The molecule has 2 heterocycles. The molecule has 2 amide bonds. The molecule has 1 saturated heterocycles. The van der Waals surface area contributed by atoms with Gasteiger partial charge in [-0.2, -0.15) is 0 Å². The van der Waals surface area contributed by atoms with Crippen molar-refractivity contribution in [2.75, 3.05) is 29.9 Å².